The van der Waals surface area contributed by atoms with Gasteiger partial charge in [-0.3, -0.25) is 4.98 Å². The molecule has 0 saturated heterocycles. The number of aryl methyl sites for hydroxylation is 1. The van der Waals surface area contributed by atoms with Crippen LogP contribution >= 0.6 is 0 Å². The van der Waals surface area contributed by atoms with Gasteiger partial charge in [0.1, 0.15) is 10.6 Å². The number of nitrogens with two attached hydrogens (primary N) is 2. The third kappa shape index (κ3) is 4.44. The lowest BCUT2D eigenvalue weighted by Crippen LogP contribution is -2.14. The number of nitrogen functional groups attached to an aromatic ring is 1. The van der Waals surface area contributed by atoms with Crippen LogP contribution in [0.4, 0.5) is 5.69 Å². The van der Waals surface area contributed by atoms with Crippen LogP contribution in [-0.4, -0.2) is 20.0 Å². The number of benzene rings is 1. The first-order valence-corrected chi connectivity index (χ1v) is 7.95. The largest absolute Gasteiger partial charge is 0.494 e. The van der Waals surface area contributed by atoms with Gasteiger partial charge in [0.15, 0.2) is 0 Å². The maximum Gasteiger partial charge on any atom is 0.240 e. The van der Waals surface area contributed by atoms with Gasteiger partial charge in [0.05, 0.1) is 12.3 Å². The Morgan fingerprint density at radius 1 is 1.14 bits per heavy atom. The van der Waals surface area contributed by atoms with E-state index < -0.39 is 10.0 Å². The van der Waals surface area contributed by atoms with Crippen molar-refractivity contribution >= 4 is 15.7 Å². The van der Waals surface area contributed by atoms with Crippen molar-refractivity contribution in [2.24, 2.45) is 5.14 Å². The molecule has 0 aliphatic heterocycles. The zero-order chi connectivity index (χ0) is 15.3. The lowest BCUT2D eigenvalue weighted by molar-refractivity contribution is 0.311. The number of sulfonamides is 1. The molecule has 4 N–H and O–H groups in total. The van der Waals surface area contributed by atoms with Crippen molar-refractivity contribution in [3.63, 3.8) is 0 Å². The Labute approximate surface area is 123 Å². The highest BCUT2D eigenvalue weighted by Crippen LogP contribution is 2.23. The second-order valence-electron chi connectivity index (χ2n) is 4.55. The molecule has 1 aromatic heterocycles. The third-order valence-electron chi connectivity index (χ3n) is 2.92. The molecule has 1 aromatic carbocycles. The maximum atomic E-state index is 11.2. The van der Waals surface area contributed by atoms with E-state index in [0.717, 1.165) is 12.8 Å². The van der Waals surface area contributed by atoms with Crippen molar-refractivity contribution in [3.05, 3.63) is 48.3 Å². The quantitative estimate of drug-likeness (QED) is 0.618. The summed E-state index contributed by atoms with van der Waals surface area (Å²) in [5.74, 6) is 0.523. The third-order valence-corrected chi connectivity index (χ3v) is 3.90. The molecule has 6 nitrogen and oxygen atoms in total. The van der Waals surface area contributed by atoms with E-state index in [1.807, 2.05) is 12.1 Å². The first-order valence-electron chi connectivity index (χ1n) is 6.41. The number of rotatable bonds is 6. The van der Waals surface area contributed by atoms with Crippen LogP contribution in [0.2, 0.25) is 0 Å². The Morgan fingerprint density at radius 2 is 1.86 bits per heavy atom. The molecule has 0 atom stereocenters. The predicted molar refractivity (Wildman–Crippen MR) is 80.3 cm³/mol. The average Bonchev–Trinajstić information content (AvgIpc) is 2.43. The number of anilines is 1. The van der Waals surface area contributed by atoms with E-state index in [4.69, 9.17) is 15.6 Å². The molecule has 2 aromatic rings. The normalized spacial score (nSPS) is 11.3. The molecule has 21 heavy (non-hydrogen) atoms. The second kappa shape index (κ2) is 6.55. The number of hydrogen-bond donors (Lipinski definition) is 2. The zero-order valence-corrected chi connectivity index (χ0v) is 12.2. The van der Waals surface area contributed by atoms with E-state index in [9.17, 15) is 8.42 Å². The molecule has 0 spiro atoms. The van der Waals surface area contributed by atoms with E-state index in [0.29, 0.717) is 12.4 Å². The minimum atomic E-state index is -3.80. The van der Waals surface area contributed by atoms with E-state index in [1.54, 1.807) is 18.5 Å². The van der Waals surface area contributed by atoms with Crippen molar-refractivity contribution in [1.29, 1.82) is 0 Å². The summed E-state index contributed by atoms with van der Waals surface area (Å²) >= 11 is 0. The number of ether oxygens (including phenoxy) is 1. The molecule has 0 bridgehead atoms. The fraction of sp³-hybridized carbons (Fsp3) is 0.214. The summed E-state index contributed by atoms with van der Waals surface area (Å²) in [4.78, 5) is 3.86. The van der Waals surface area contributed by atoms with Crippen molar-refractivity contribution < 1.29 is 13.2 Å². The van der Waals surface area contributed by atoms with Crippen LogP contribution in [0, 0.1) is 0 Å². The minimum absolute atomic E-state index is 0.0872. The van der Waals surface area contributed by atoms with Gasteiger partial charge in [0, 0.05) is 18.5 Å². The summed E-state index contributed by atoms with van der Waals surface area (Å²) in [6.45, 7) is 0.510. The number of pyridine rings is 1. The average molecular weight is 307 g/mol. The van der Waals surface area contributed by atoms with Gasteiger partial charge in [0.2, 0.25) is 10.0 Å². The molecule has 2 rings (SSSR count). The van der Waals surface area contributed by atoms with E-state index in [2.05, 4.69) is 4.98 Å². The van der Waals surface area contributed by atoms with Crippen LogP contribution < -0.4 is 15.6 Å². The summed E-state index contributed by atoms with van der Waals surface area (Å²) in [6, 6.07) is 8.27. The molecule has 0 amide bonds. The Bertz CT molecular complexity index is 703. The van der Waals surface area contributed by atoms with Gasteiger partial charge in [-0.2, -0.15) is 0 Å². The predicted octanol–water partition coefficient (Wildman–Crippen LogP) is 1.32. The number of aromatic nitrogens is 1. The standard InChI is InChI=1S/C14H17N3O3S/c15-13-10-12(3-4-14(13)21(16,18)19)20-9-1-2-11-5-7-17-8-6-11/h3-8,10H,1-2,9,15H2,(H2,16,18,19). The lowest BCUT2D eigenvalue weighted by Gasteiger charge is -2.09. The SMILES string of the molecule is Nc1cc(OCCCc2ccncc2)ccc1S(N)(=O)=O. The monoisotopic (exact) mass is 307 g/mol. The molecular formula is C14H17N3O3S. The lowest BCUT2D eigenvalue weighted by atomic mass is 10.1. The van der Waals surface area contributed by atoms with Gasteiger partial charge < -0.3 is 10.5 Å². The van der Waals surface area contributed by atoms with Crippen LogP contribution in [0.3, 0.4) is 0 Å². The molecular weight excluding hydrogens is 290 g/mol. The topological polar surface area (TPSA) is 108 Å². The summed E-state index contributed by atoms with van der Waals surface area (Å²) in [5.41, 5.74) is 6.94. The van der Waals surface area contributed by atoms with Crippen LogP contribution in [0.1, 0.15) is 12.0 Å². The number of nitrogens with zero attached hydrogens (tertiary/aromatic N) is 1. The number of primary sulfonamides is 1. The highest BCUT2D eigenvalue weighted by Gasteiger charge is 2.12. The van der Waals surface area contributed by atoms with Crippen LogP contribution in [0.5, 0.6) is 5.75 Å². The Hall–Kier alpha value is -2.12. The summed E-state index contributed by atoms with van der Waals surface area (Å²) < 4.78 is 28.0. The molecule has 112 valence electrons. The molecule has 0 unspecified atom stereocenters. The summed E-state index contributed by atoms with van der Waals surface area (Å²) in [7, 11) is -3.80. The van der Waals surface area contributed by atoms with Crippen LogP contribution in [0.15, 0.2) is 47.6 Å². The van der Waals surface area contributed by atoms with Gasteiger partial charge in [-0.1, -0.05) is 0 Å². The van der Waals surface area contributed by atoms with Crippen molar-refractivity contribution in [2.75, 3.05) is 12.3 Å². The smallest absolute Gasteiger partial charge is 0.240 e. The van der Waals surface area contributed by atoms with Crippen LogP contribution in [0.25, 0.3) is 0 Å². The van der Waals surface area contributed by atoms with Crippen molar-refractivity contribution in [2.45, 2.75) is 17.7 Å². The Kier molecular flexibility index (Phi) is 4.77. The van der Waals surface area contributed by atoms with E-state index in [-0.39, 0.29) is 10.6 Å². The van der Waals surface area contributed by atoms with Crippen molar-refractivity contribution in [3.8, 4) is 5.75 Å². The number of hydrogen-bond acceptors (Lipinski definition) is 5. The first kappa shape index (κ1) is 15.3. The Balaban J connectivity index is 1.88. The highest BCUT2D eigenvalue weighted by molar-refractivity contribution is 7.89. The molecule has 0 aliphatic rings. The van der Waals surface area contributed by atoms with Gasteiger partial charge in [0.25, 0.3) is 0 Å². The molecule has 0 fully saturated rings. The van der Waals surface area contributed by atoms with E-state index >= 15 is 0 Å². The fourth-order valence-electron chi connectivity index (χ4n) is 1.89. The highest BCUT2D eigenvalue weighted by atomic mass is 32.2. The Morgan fingerprint density at radius 3 is 2.48 bits per heavy atom. The van der Waals surface area contributed by atoms with Crippen molar-refractivity contribution in [1.82, 2.24) is 4.98 Å². The summed E-state index contributed by atoms with van der Waals surface area (Å²) in [6.07, 6.45) is 5.22. The molecule has 1 heterocycles. The summed E-state index contributed by atoms with van der Waals surface area (Å²) in [5, 5.41) is 5.04. The zero-order valence-electron chi connectivity index (χ0n) is 11.4. The minimum Gasteiger partial charge on any atom is -0.494 e. The van der Waals surface area contributed by atoms with Gasteiger partial charge in [-0.25, -0.2) is 13.6 Å². The van der Waals surface area contributed by atoms with Gasteiger partial charge in [-0.05, 0) is 42.7 Å². The molecule has 0 saturated carbocycles. The maximum absolute atomic E-state index is 11.2. The fourth-order valence-corrected chi connectivity index (χ4v) is 2.54. The second-order valence-corrected chi connectivity index (χ2v) is 6.08. The molecule has 0 radical (unpaired) electrons. The molecule has 0 aliphatic carbocycles. The molecule has 7 heteroatoms. The van der Waals surface area contributed by atoms with Crippen LogP contribution in [-0.2, 0) is 16.4 Å². The van der Waals surface area contributed by atoms with Gasteiger partial charge in [-0.15, -0.1) is 0 Å². The first-order chi connectivity index (χ1) is 9.97. The van der Waals surface area contributed by atoms with Gasteiger partial charge >= 0.3 is 0 Å². The van der Waals surface area contributed by atoms with E-state index in [1.165, 1.54) is 17.7 Å².